The average Bonchev–Trinajstić information content (AvgIpc) is 2.26. The van der Waals surface area contributed by atoms with Crippen molar-refractivity contribution in [1.29, 1.82) is 0 Å². The first-order chi connectivity index (χ1) is 7.24. The minimum Gasteiger partial charge on any atom is -0.274 e. The summed E-state index contributed by atoms with van der Waals surface area (Å²) in [5.41, 5.74) is 2.03. The third-order valence-electron chi connectivity index (χ3n) is 2.21. The van der Waals surface area contributed by atoms with E-state index in [4.69, 9.17) is 28.0 Å². The minimum atomic E-state index is 0.495. The molecule has 2 rings (SSSR count). The molecule has 0 saturated heterocycles. The Bertz CT molecular complexity index is 499. The largest absolute Gasteiger partial charge is 0.274 e. The molecule has 2 nitrogen and oxygen atoms in total. The van der Waals surface area contributed by atoms with E-state index in [9.17, 15) is 0 Å². The maximum atomic E-state index is 5.96. The zero-order chi connectivity index (χ0) is 10.8. The summed E-state index contributed by atoms with van der Waals surface area (Å²) in [6.07, 6.45) is 1.73. The number of hydrogen-bond acceptors (Lipinski definition) is 1. The van der Waals surface area contributed by atoms with Crippen LogP contribution in [-0.2, 0) is 5.88 Å². The Morgan fingerprint density at radius 2 is 2.13 bits per heavy atom. The molecular weight excluding hydrogens is 233 g/mol. The van der Waals surface area contributed by atoms with Crippen LogP contribution in [0.15, 0.2) is 30.5 Å². The van der Waals surface area contributed by atoms with Crippen molar-refractivity contribution in [2.24, 2.45) is 0 Å². The SMILES string of the molecule is CO[n+]1cc(Cl)cc2cc(CCl)ccc21. The Balaban J connectivity index is 2.72. The normalized spacial score (nSPS) is 10.6. The van der Waals surface area contributed by atoms with Crippen LogP contribution in [0.2, 0.25) is 5.02 Å². The zero-order valence-electron chi connectivity index (χ0n) is 8.21. The summed E-state index contributed by atoms with van der Waals surface area (Å²) in [5.74, 6) is 0.495. The molecule has 1 aromatic heterocycles. The van der Waals surface area contributed by atoms with E-state index in [0.29, 0.717) is 10.9 Å². The summed E-state index contributed by atoms with van der Waals surface area (Å²) >= 11 is 11.7. The molecule has 1 aromatic carbocycles. The van der Waals surface area contributed by atoms with Crippen molar-refractivity contribution >= 4 is 34.1 Å². The zero-order valence-corrected chi connectivity index (χ0v) is 9.72. The summed E-state index contributed by atoms with van der Waals surface area (Å²) in [6, 6.07) is 7.83. The molecule has 4 heteroatoms. The molecule has 0 aliphatic rings. The lowest BCUT2D eigenvalue weighted by Crippen LogP contribution is -2.40. The molecule has 0 fully saturated rings. The van der Waals surface area contributed by atoms with Crippen LogP contribution in [0.4, 0.5) is 0 Å². The number of alkyl halides is 1. The first-order valence-electron chi connectivity index (χ1n) is 4.49. The molecule has 2 aromatic rings. The number of hydrogen-bond donors (Lipinski definition) is 0. The van der Waals surface area contributed by atoms with Gasteiger partial charge in [0.1, 0.15) is 12.1 Å². The molecule has 0 bridgehead atoms. The van der Waals surface area contributed by atoms with Crippen molar-refractivity contribution in [3.8, 4) is 0 Å². The van der Waals surface area contributed by atoms with Gasteiger partial charge in [0.05, 0.1) is 5.39 Å². The minimum absolute atomic E-state index is 0.495. The second-order valence-electron chi connectivity index (χ2n) is 3.19. The Hall–Kier alpha value is -0.990. The number of nitrogens with zero attached hydrogens (tertiary/aromatic N) is 1. The van der Waals surface area contributed by atoms with E-state index in [1.807, 2.05) is 24.3 Å². The molecule has 0 unspecified atom stereocenters. The van der Waals surface area contributed by atoms with Gasteiger partial charge in [-0.1, -0.05) is 17.7 Å². The number of pyridine rings is 1. The molecule has 0 radical (unpaired) electrons. The fourth-order valence-electron chi connectivity index (χ4n) is 1.52. The van der Waals surface area contributed by atoms with Gasteiger partial charge in [0.25, 0.3) is 5.52 Å². The number of aromatic nitrogens is 1. The molecule has 0 N–H and O–H groups in total. The summed E-state index contributed by atoms with van der Waals surface area (Å²) in [5, 5.41) is 1.65. The van der Waals surface area contributed by atoms with Crippen LogP contribution >= 0.6 is 23.2 Å². The van der Waals surface area contributed by atoms with E-state index in [1.54, 1.807) is 18.0 Å². The quantitative estimate of drug-likeness (QED) is 0.583. The summed E-state index contributed by atoms with van der Waals surface area (Å²) in [6.45, 7) is 0. The second-order valence-corrected chi connectivity index (χ2v) is 3.90. The van der Waals surface area contributed by atoms with Gasteiger partial charge in [-0.05, 0) is 17.7 Å². The molecule has 0 aliphatic heterocycles. The van der Waals surface area contributed by atoms with E-state index in [1.165, 1.54) is 0 Å². The first kappa shape index (κ1) is 10.5. The molecule has 0 spiro atoms. The topological polar surface area (TPSA) is 13.1 Å². The Morgan fingerprint density at radius 1 is 1.33 bits per heavy atom. The summed E-state index contributed by atoms with van der Waals surface area (Å²) in [4.78, 5) is 5.18. The molecule has 0 saturated carbocycles. The molecule has 0 atom stereocenters. The molecular formula is C11H10Cl2NO+. The van der Waals surface area contributed by atoms with Crippen LogP contribution in [0.25, 0.3) is 10.9 Å². The van der Waals surface area contributed by atoms with E-state index in [2.05, 4.69) is 0 Å². The lowest BCUT2D eigenvalue weighted by atomic mass is 10.1. The van der Waals surface area contributed by atoms with E-state index < -0.39 is 0 Å². The predicted molar refractivity (Wildman–Crippen MR) is 61.2 cm³/mol. The molecule has 15 heavy (non-hydrogen) atoms. The number of rotatable bonds is 2. The fraction of sp³-hybridized carbons (Fsp3) is 0.182. The number of halogens is 2. The third kappa shape index (κ3) is 2.01. The highest BCUT2D eigenvalue weighted by molar-refractivity contribution is 6.30. The number of fused-ring (bicyclic) bond motifs is 1. The molecule has 78 valence electrons. The lowest BCUT2D eigenvalue weighted by Gasteiger charge is -2.00. The van der Waals surface area contributed by atoms with Crippen LogP contribution in [0.3, 0.4) is 0 Å². The van der Waals surface area contributed by atoms with Crippen LogP contribution in [-0.4, -0.2) is 7.11 Å². The van der Waals surface area contributed by atoms with Gasteiger partial charge in [0.2, 0.25) is 6.20 Å². The van der Waals surface area contributed by atoms with Gasteiger partial charge >= 0.3 is 0 Å². The van der Waals surface area contributed by atoms with Crippen molar-refractivity contribution in [3.63, 3.8) is 0 Å². The van der Waals surface area contributed by atoms with Gasteiger partial charge in [-0.2, -0.15) is 0 Å². The average molecular weight is 243 g/mol. The third-order valence-corrected chi connectivity index (χ3v) is 2.73. The Kier molecular flexibility index (Phi) is 2.98. The van der Waals surface area contributed by atoms with Crippen molar-refractivity contribution in [2.75, 3.05) is 7.11 Å². The van der Waals surface area contributed by atoms with Gasteiger partial charge in [-0.3, -0.25) is 4.84 Å². The van der Waals surface area contributed by atoms with Crippen LogP contribution in [0, 0.1) is 0 Å². The smallest absolute Gasteiger partial charge is 0.264 e. The monoisotopic (exact) mass is 242 g/mol. The molecule has 0 amide bonds. The lowest BCUT2D eigenvalue weighted by molar-refractivity contribution is -0.865. The molecule has 0 aliphatic carbocycles. The highest BCUT2D eigenvalue weighted by atomic mass is 35.5. The first-order valence-corrected chi connectivity index (χ1v) is 5.40. The molecule has 1 heterocycles. The second kappa shape index (κ2) is 4.25. The number of benzene rings is 1. The Labute approximate surface area is 97.9 Å². The van der Waals surface area contributed by atoms with E-state index >= 15 is 0 Å². The fourth-order valence-corrected chi connectivity index (χ4v) is 1.89. The predicted octanol–water partition coefficient (Wildman–Crippen LogP) is 2.58. The van der Waals surface area contributed by atoms with Crippen LogP contribution in [0.1, 0.15) is 5.56 Å². The van der Waals surface area contributed by atoms with Crippen molar-refractivity contribution < 1.29 is 9.57 Å². The van der Waals surface area contributed by atoms with Crippen LogP contribution < -0.4 is 9.57 Å². The van der Waals surface area contributed by atoms with Gasteiger partial charge in [-0.25, -0.2) is 0 Å². The summed E-state index contributed by atoms with van der Waals surface area (Å²) in [7, 11) is 1.60. The van der Waals surface area contributed by atoms with Gasteiger partial charge in [0, 0.05) is 16.7 Å². The van der Waals surface area contributed by atoms with Gasteiger partial charge in [0.15, 0.2) is 0 Å². The van der Waals surface area contributed by atoms with E-state index in [-0.39, 0.29) is 0 Å². The highest BCUT2D eigenvalue weighted by Crippen LogP contribution is 2.17. The maximum Gasteiger partial charge on any atom is 0.264 e. The van der Waals surface area contributed by atoms with Crippen molar-refractivity contribution in [2.45, 2.75) is 5.88 Å². The van der Waals surface area contributed by atoms with Crippen LogP contribution in [0.5, 0.6) is 0 Å². The summed E-state index contributed by atoms with van der Waals surface area (Å²) < 4.78 is 1.63. The van der Waals surface area contributed by atoms with Crippen molar-refractivity contribution in [1.82, 2.24) is 0 Å². The van der Waals surface area contributed by atoms with Gasteiger partial charge < -0.3 is 0 Å². The Morgan fingerprint density at radius 3 is 2.80 bits per heavy atom. The standard InChI is InChI=1S/C11H10Cl2NO/c1-15-14-7-10(13)5-9-4-8(6-12)2-3-11(9)14/h2-5,7H,6H2,1H3/q+1. The van der Waals surface area contributed by atoms with E-state index in [0.717, 1.165) is 16.5 Å². The van der Waals surface area contributed by atoms with Gasteiger partial charge in [-0.15, -0.1) is 11.6 Å². The highest BCUT2D eigenvalue weighted by Gasteiger charge is 2.11. The van der Waals surface area contributed by atoms with Crippen molar-refractivity contribution in [3.05, 3.63) is 41.0 Å². The maximum absolute atomic E-state index is 5.96.